The molecule has 0 spiro atoms. The zero-order valence-corrected chi connectivity index (χ0v) is 10.4. The first-order chi connectivity index (χ1) is 9.29. The summed E-state index contributed by atoms with van der Waals surface area (Å²) >= 11 is 0. The van der Waals surface area contributed by atoms with Crippen molar-refractivity contribution in [3.63, 3.8) is 0 Å². The molecule has 1 heterocycles. The summed E-state index contributed by atoms with van der Waals surface area (Å²) in [4.78, 5) is 10.8. The molecule has 0 radical (unpaired) electrons. The molecular weight excluding hydrogens is 243 g/mol. The van der Waals surface area contributed by atoms with Gasteiger partial charge in [-0.2, -0.15) is 0 Å². The standard InChI is InChI=1S/C16H13FO2/c17-15-7-6-12(9-13(15)10-18)14-5-1-3-11-4-2-8-19-16(11)14/h1,3,5-7,9-10H,2,4,8H2. The molecule has 0 atom stereocenters. The van der Waals surface area contributed by atoms with Crippen molar-refractivity contribution >= 4 is 6.29 Å². The molecule has 0 N–H and O–H groups in total. The summed E-state index contributed by atoms with van der Waals surface area (Å²) < 4.78 is 19.1. The van der Waals surface area contributed by atoms with E-state index in [2.05, 4.69) is 0 Å². The van der Waals surface area contributed by atoms with E-state index in [1.807, 2.05) is 18.2 Å². The summed E-state index contributed by atoms with van der Waals surface area (Å²) in [6, 6.07) is 10.5. The van der Waals surface area contributed by atoms with E-state index in [-0.39, 0.29) is 5.56 Å². The fraction of sp³-hybridized carbons (Fsp3) is 0.188. The van der Waals surface area contributed by atoms with Crippen molar-refractivity contribution in [3.05, 3.63) is 53.3 Å². The maximum absolute atomic E-state index is 13.4. The Morgan fingerprint density at radius 3 is 2.95 bits per heavy atom. The Hall–Kier alpha value is -2.16. The van der Waals surface area contributed by atoms with Crippen LogP contribution in [0, 0.1) is 5.82 Å². The van der Waals surface area contributed by atoms with Gasteiger partial charge in [0, 0.05) is 5.56 Å². The minimum absolute atomic E-state index is 0.0749. The van der Waals surface area contributed by atoms with Crippen LogP contribution >= 0.6 is 0 Å². The van der Waals surface area contributed by atoms with E-state index in [9.17, 15) is 9.18 Å². The van der Waals surface area contributed by atoms with Crippen LogP contribution in [0.4, 0.5) is 4.39 Å². The number of rotatable bonds is 2. The first-order valence-corrected chi connectivity index (χ1v) is 6.29. The molecule has 19 heavy (non-hydrogen) atoms. The molecule has 0 unspecified atom stereocenters. The summed E-state index contributed by atoms with van der Waals surface area (Å²) in [5.74, 6) is 0.363. The van der Waals surface area contributed by atoms with Gasteiger partial charge in [0.15, 0.2) is 6.29 Å². The van der Waals surface area contributed by atoms with Crippen molar-refractivity contribution in [1.82, 2.24) is 0 Å². The lowest BCUT2D eigenvalue weighted by Gasteiger charge is -2.20. The van der Waals surface area contributed by atoms with Crippen molar-refractivity contribution in [2.75, 3.05) is 6.61 Å². The number of para-hydroxylation sites is 1. The minimum atomic E-state index is -0.496. The van der Waals surface area contributed by atoms with Gasteiger partial charge in [-0.05, 0) is 36.1 Å². The summed E-state index contributed by atoms with van der Waals surface area (Å²) in [6.07, 6.45) is 2.54. The van der Waals surface area contributed by atoms with Gasteiger partial charge in [0.05, 0.1) is 12.2 Å². The predicted octanol–water partition coefficient (Wildman–Crippen LogP) is 3.63. The van der Waals surface area contributed by atoms with Crippen LogP contribution in [0.2, 0.25) is 0 Å². The molecule has 0 amide bonds. The lowest BCUT2D eigenvalue weighted by atomic mass is 9.96. The average Bonchev–Trinajstić information content (AvgIpc) is 2.47. The van der Waals surface area contributed by atoms with Gasteiger partial charge in [0.25, 0.3) is 0 Å². The van der Waals surface area contributed by atoms with Crippen LogP contribution in [0.5, 0.6) is 5.75 Å². The second kappa shape index (κ2) is 4.84. The van der Waals surface area contributed by atoms with Crippen LogP contribution in [0.15, 0.2) is 36.4 Å². The second-order valence-electron chi connectivity index (χ2n) is 4.60. The van der Waals surface area contributed by atoms with Crippen molar-refractivity contribution in [3.8, 4) is 16.9 Å². The van der Waals surface area contributed by atoms with Gasteiger partial charge >= 0.3 is 0 Å². The number of hydrogen-bond acceptors (Lipinski definition) is 2. The Kier molecular flexibility index (Phi) is 3.03. The summed E-state index contributed by atoms with van der Waals surface area (Å²) in [5, 5.41) is 0. The van der Waals surface area contributed by atoms with E-state index in [0.717, 1.165) is 29.7 Å². The molecule has 0 saturated heterocycles. The van der Waals surface area contributed by atoms with Crippen LogP contribution in [-0.2, 0) is 6.42 Å². The summed E-state index contributed by atoms with van der Waals surface area (Å²) in [5.41, 5.74) is 2.97. The number of benzene rings is 2. The normalized spacial score (nSPS) is 13.5. The highest BCUT2D eigenvalue weighted by Crippen LogP contribution is 2.36. The molecule has 0 saturated carbocycles. The highest BCUT2D eigenvalue weighted by Gasteiger charge is 2.16. The van der Waals surface area contributed by atoms with E-state index in [1.54, 1.807) is 12.1 Å². The Morgan fingerprint density at radius 2 is 2.11 bits per heavy atom. The number of hydrogen-bond donors (Lipinski definition) is 0. The molecule has 3 heteroatoms. The maximum atomic E-state index is 13.4. The fourth-order valence-electron chi connectivity index (χ4n) is 2.42. The number of ether oxygens (including phenoxy) is 1. The number of fused-ring (bicyclic) bond motifs is 1. The lowest BCUT2D eigenvalue weighted by Crippen LogP contribution is -2.09. The second-order valence-corrected chi connectivity index (χ2v) is 4.60. The average molecular weight is 256 g/mol. The van der Waals surface area contributed by atoms with Crippen LogP contribution in [0.1, 0.15) is 22.3 Å². The molecule has 1 aliphatic heterocycles. The van der Waals surface area contributed by atoms with E-state index < -0.39 is 5.82 Å². The molecule has 2 nitrogen and oxygen atoms in total. The van der Waals surface area contributed by atoms with E-state index in [0.29, 0.717) is 12.9 Å². The third kappa shape index (κ3) is 2.12. The van der Waals surface area contributed by atoms with Crippen LogP contribution in [0.25, 0.3) is 11.1 Å². The molecule has 1 aliphatic rings. The number of carbonyl (C=O) groups excluding carboxylic acids is 1. The first kappa shape index (κ1) is 11.9. The van der Waals surface area contributed by atoms with E-state index >= 15 is 0 Å². The number of aldehydes is 1. The number of carbonyl (C=O) groups is 1. The highest BCUT2D eigenvalue weighted by atomic mass is 19.1. The number of aryl methyl sites for hydroxylation is 1. The SMILES string of the molecule is O=Cc1cc(-c2cccc3c2OCCC3)ccc1F. The smallest absolute Gasteiger partial charge is 0.153 e. The number of halogens is 1. The highest BCUT2D eigenvalue weighted by molar-refractivity contribution is 5.81. The van der Waals surface area contributed by atoms with Crippen LogP contribution in [-0.4, -0.2) is 12.9 Å². The molecule has 0 bridgehead atoms. The van der Waals surface area contributed by atoms with Gasteiger partial charge in [-0.1, -0.05) is 24.3 Å². The van der Waals surface area contributed by atoms with E-state index in [4.69, 9.17) is 4.74 Å². The molecule has 2 aromatic rings. The van der Waals surface area contributed by atoms with Crippen LogP contribution in [0.3, 0.4) is 0 Å². The molecule has 0 aromatic heterocycles. The lowest BCUT2D eigenvalue weighted by molar-refractivity contribution is 0.112. The summed E-state index contributed by atoms with van der Waals surface area (Å²) in [7, 11) is 0. The zero-order chi connectivity index (χ0) is 13.2. The van der Waals surface area contributed by atoms with Gasteiger partial charge in [0.1, 0.15) is 11.6 Å². The maximum Gasteiger partial charge on any atom is 0.153 e. The van der Waals surface area contributed by atoms with Gasteiger partial charge in [0.2, 0.25) is 0 Å². The molecule has 0 aliphatic carbocycles. The molecule has 96 valence electrons. The molecule has 3 rings (SSSR count). The quantitative estimate of drug-likeness (QED) is 0.767. The van der Waals surface area contributed by atoms with Crippen molar-refractivity contribution < 1.29 is 13.9 Å². The van der Waals surface area contributed by atoms with Crippen LogP contribution < -0.4 is 4.74 Å². The first-order valence-electron chi connectivity index (χ1n) is 6.29. The zero-order valence-electron chi connectivity index (χ0n) is 10.4. The third-order valence-corrected chi connectivity index (χ3v) is 3.37. The van der Waals surface area contributed by atoms with Crippen molar-refractivity contribution in [2.24, 2.45) is 0 Å². The van der Waals surface area contributed by atoms with Gasteiger partial charge in [-0.15, -0.1) is 0 Å². The van der Waals surface area contributed by atoms with E-state index in [1.165, 1.54) is 11.6 Å². The summed E-state index contributed by atoms with van der Waals surface area (Å²) in [6.45, 7) is 0.700. The predicted molar refractivity (Wildman–Crippen MR) is 71.0 cm³/mol. The minimum Gasteiger partial charge on any atom is -0.493 e. The van der Waals surface area contributed by atoms with Crippen molar-refractivity contribution in [2.45, 2.75) is 12.8 Å². The van der Waals surface area contributed by atoms with Crippen molar-refractivity contribution in [1.29, 1.82) is 0 Å². The Labute approximate surface area is 110 Å². The Balaban J connectivity index is 2.14. The topological polar surface area (TPSA) is 26.3 Å². The monoisotopic (exact) mass is 256 g/mol. The van der Waals surface area contributed by atoms with Gasteiger partial charge in [-0.25, -0.2) is 4.39 Å². The molecule has 2 aromatic carbocycles. The molecular formula is C16H13FO2. The molecule has 0 fully saturated rings. The van der Waals surface area contributed by atoms with Gasteiger partial charge < -0.3 is 4.74 Å². The van der Waals surface area contributed by atoms with Gasteiger partial charge in [-0.3, -0.25) is 4.79 Å². The third-order valence-electron chi connectivity index (χ3n) is 3.37. The largest absolute Gasteiger partial charge is 0.493 e. The fourth-order valence-corrected chi connectivity index (χ4v) is 2.42. The Morgan fingerprint density at radius 1 is 1.21 bits per heavy atom. The Bertz CT molecular complexity index is 635.